The smallest absolute Gasteiger partial charge is 0.227 e. The normalized spacial score (nSPS) is 17.0. The highest BCUT2D eigenvalue weighted by molar-refractivity contribution is 5.95. The summed E-state index contributed by atoms with van der Waals surface area (Å²) in [7, 11) is 1.83. The Labute approximate surface area is 136 Å². The minimum absolute atomic E-state index is 0.149. The van der Waals surface area contributed by atoms with Crippen LogP contribution in [0.1, 0.15) is 38.5 Å². The second-order valence-corrected chi connectivity index (χ2v) is 6.44. The summed E-state index contributed by atoms with van der Waals surface area (Å²) in [6.45, 7) is 0. The third-order valence-corrected chi connectivity index (χ3v) is 4.42. The molecular formula is C18H23N3O2. The van der Waals surface area contributed by atoms with Crippen molar-refractivity contribution in [3.63, 3.8) is 0 Å². The van der Waals surface area contributed by atoms with Crippen LogP contribution in [0, 0.1) is 0 Å². The molecule has 1 saturated carbocycles. The molecule has 5 heteroatoms. The lowest BCUT2D eigenvalue weighted by Gasteiger charge is -2.31. The van der Waals surface area contributed by atoms with E-state index in [1.165, 1.54) is 0 Å². The molecule has 0 bridgehead atoms. The average Bonchev–Trinajstić information content (AvgIpc) is 2.88. The summed E-state index contributed by atoms with van der Waals surface area (Å²) in [5.74, 6) is -0.153. The largest absolute Gasteiger partial charge is 0.389 e. The predicted octanol–water partition coefficient (Wildman–Crippen LogP) is 3.11. The first-order valence-electron chi connectivity index (χ1n) is 8.17. The Morgan fingerprint density at radius 3 is 2.65 bits per heavy atom. The number of rotatable bonds is 4. The summed E-state index contributed by atoms with van der Waals surface area (Å²) in [4.78, 5) is 12.4. The Bertz CT molecular complexity index is 673. The van der Waals surface area contributed by atoms with Crippen molar-refractivity contribution in [3.05, 3.63) is 36.5 Å². The third-order valence-electron chi connectivity index (χ3n) is 4.42. The predicted molar refractivity (Wildman–Crippen MR) is 89.9 cm³/mol. The monoisotopic (exact) mass is 313 g/mol. The fourth-order valence-electron chi connectivity index (χ4n) is 3.27. The number of benzene rings is 1. The van der Waals surface area contributed by atoms with Crippen molar-refractivity contribution >= 4 is 11.6 Å². The minimum atomic E-state index is -0.850. The van der Waals surface area contributed by atoms with Crippen molar-refractivity contribution in [1.29, 1.82) is 0 Å². The maximum Gasteiger partial charge on any atom is 0.227 e. The van der Waals surface area contributed by atoms with Crippen molar-refractivity contribution in [2.24, 2.45) is 7.05 Å². The molecule has 0 saturated heterocycles. The maximum atomic E-state index is 12.4. The first-order valence-corrected chi connectivity index (χ1v) is 8.17. The maximum absolute atomic E-state index is 12.4. The van der Waals surface area contributed by atoms with Crippen LogP contribution in [0.15, 0.2) is 36.5 Å². The van der Waals surface area contributed by atoms with Gasteiger partial charge in [-0.2, -0.15) is 5.10 Å². The van der Waals surface area contributed by atoms with E-state index in [9.17, 15) is 9.90 Å². The molecule has 1 aromatic carbocycles. The number of nitrogens with zero attached hydrogens (tertiary/aromatic N) is 2. The number of aryl methyl sites for hydroxylation is 1. The first kappa shape index (κ1) is 15.7. The van der Waals surface area contributed by atoms with Crippen molar-refractivity contribution in [1.82, 2.24) is 9.78 Å². The van der Waals surface area contributed by atoms with E-state index < -0.39 is 5.60 Å². The number of aliphatic hydroxyl groups is 1. The van der Waals surface area contributed by atoms with Gasteiger partial charge in [0.15, 0.2) is 0 Å². The van der Waals surface area contributed by atoms with Crippen molar-refractivity contribution in [3.8, 4) is 11.3 Å². The van der Waals surface area contributed by atoms with Gasteiger partial charge < -0.3 is 10.4 Å². The molecule has 1 fully saturated rings. The van der Waals surface area contributed by atoms with Crippen LogP contribution in [0.3, 0.4) is 0 Å². The van der Waals surface area contributed by atoms with Gasteiger partial charge in [0.2, 0.25) is 5.91 Å². The molecule has 0 unspecified atom stereocenters. The number of aromatic nitrogens is 2. The molecule has 0 radical (unpaired) electrons. The van der Waals surface area contributed by atoms with Gasteiger partial charge in [-0.05, 0) is 12.8 Å². The Morgan fingerprint density at radius 2 is 1.96 bits per heavy atom. The SMILES string of the molecule is Cn1cc(NC(=O)CC2(O)CCCCC2)c(-c2ccccc2)n1. The van der Waals surface area contributed by atoms with Gasteiger partial charge >= 0.3 is 0 Å². The number of hydrogen-bond donors (Lipinski definition) is 2. The Balaban J connectivity index is 1.74. The molecule has 23 heavy (non-hydrogen) atoms. The Kier molecular flexibility index (Phi) is 4.48. The fourth-order valence-corrected chi connectivity index (χ4v) is 3.27. The molecule has 1 amide bonds. The summed E-state index contributed by atoms with van der Waals surface area (Å²) in [5.41, 5.74) is 1.54. The highest BCUT2D eigenvalue weighted by atomic mass is 16.3. The summed E-state index contributed by atoms with van der Waals surface area (Å²) in [5, 5.41) is 17.9. The van der Waals surface area contributed by atoms with Gasteiger partial charge in [-0.25, -0.2) is 0 Å². The molecule has 3 rings (SSSR count). The molecule has 1 aliphatic rings. The number of amides is 1. The molecular weight excluding hydrogens is 290 g/mol. The zero-order valence-corrected chi connectivity index (χ0v) is 13.5. The topological polar surface area (TPSA) is 67.2 Å². The molecule has 0 atom stereocenters. The number of carbonyl (C=O) groups excluding carboxylic acids is 1. The van der Waals surface area contributed by atoms with Gasteiger partial charge in [0.25, 0.3) is 0 Å². The molecule has 2 aromatic rings. The second kappa shape index (κ2) is 6.54. The molecule has 2 N–H and O–H groups in total. The molecule has 0 spiro atoms. The molecule has 1 aromatic heterocycles. The third kappa shape index (κ3) is 3.79. The van der Waals surface area contributed by atoms with Crippen LogP contribution in [-0.2, 0) is 11.8 Å². The number of hydrogen-bond acceptors (Lipinski definition) is 3. The van der Waals surface area contributed by atoms with Crippen LogP contribution in [0.5, 0.6) is 0 Å². The van der Waals surface area contributed by atoms with E-state index in [0.717, 1.165) is 30.5 Å². The molecule has 5 nitrogen and oxygen atoms in total. The van der Waals surface area contributed by atoms with Crippen LogP contribution in [-0.4, -0.2) is 26.4 Å². The van der Waals surface area contributed by atoms with Gasteiger partial charge in [-0.3, -0.25) is 9.48 Å². The Morgan fingerprint density at radius 1 is 1.26 bits per heavy atom. The van der Waals surface area contributed by atoms with Crippen LogP contribution in [0.4, 0.5) is 5.69 Å². The molecule has 1 aliphatic carbocycles. The fraction of sp³-hybridized carbons (Fsp3) is 0.444. The standard InChI is InChI=1S/C18H23N3O2/c1-21-13-15(17(20-21)14-8-4-2-5-9-14)19-16(22)12-18(23)10-6-3-7-11-18/h2,4-5,8-9,13,23H,3,6-7,10-12H2,1H3,(H,19,22). The number of anilines is 1. The van der Waals surface area contributed by atoms with Crippen LogP contribution < -0.4 is 5.32 Å². The molecule has 0 aliphatic heterocycles. The van der Waals surface area contributed by atoms with E-state index in [1.807, 2.05) is 37.4 Å². The van der Waals surface area contributed by atoms with E-state index in [4.69, 9.17) is 0 Å². The quantitative estimate of drug-likeness (QED) is 0.911. The molecule has 122 valence electrons. The lowest BCUT2D eigenvalue weighted by molar-refractivity contribution is -0.122. The Hall–Kier alpha value is -2.14. The lowest BCUT2D eigenvalue weighted by atomic mass is 9.82. The summed E-state index contributed by atoms with van der Waals surface area (Å²) < 4.78 is 1.69. The average molecular weight is 313 g/mol. The second-order valence-electron chi connectivity index (χ2n) is 6.44. The van der Waals surface area contributed by atoms with Crippen molar-refractivity contribution in [2.75, 3.05) is 5.32 Å². The van der Waals surface area contributed by atoms with Crippen LogP contribution in [0.25, 0.3) is 11.3 Å². The van der Waals surface area contributed by atoms with Gasteiger partial charge in [-0.15, -0.1) is 0 Å². The zero-order chi connectivity index (χ0) is 16.3. The highest BCUT2D eigenvalue weighted by Gasteiger charge is 2.32. The van der Waals surface area contributed by atoms with Crippen molar-refractivity contribution < 1.29 is 9.90 Å². The van der Waals surface area contributed by atoms with E-state index in [1.54, 1.807) is 10.9 Å². The van der Waals surface area contributed by atoms with Gasteiger partial charge in [0.05, 0.1) is 17.7 Å². The van der Waals surface area contributed by atoms with Gasteiger partial charge in [0.1, 0.15) is 5.69 Å². The summed E-state index contributed by atoms with van der Waals surface area (Å²) >= 11 is 0. The number of carbonyl (C=O) groups is 1. The molecule has 1 heterocycles. The first-order chi connectivity index (χ1) is 11.1. The van der Waals surface area contributed by atoms with E-state index in [-0.39, 0.29) is 12.3 Å². The summed E-state index contributed by atoms with van der Waals surface area (Å²) in [6, 6.07) is 9.77. The number of nitrogens with one attached hydrogen (secondary N) is 1. The van der Waals surface area contributed by atoms with Crippen LogP contribution >= 0.6 is 0 Å². The van der Waals surface area contributed by atoms with E-state index in [2.05, 4.69) is 10.4 Å². The van der Waals surface area contributed by atoms with E-state index >= 15 is 0 Å². The van der Waals surface area contributed by atoms with Crippen molar-refractivity contribution in [2.45, 2.75) is 44.1 Å². The van der Waals surface area contributed by atoms with Gasteiger partial charge in [0, 0.05) is 18.8 Å². The lowest BCUT2D eigenvalue weighted by Crippen LogP contribution is -2.35. The van der Waals surface area contributed by atoms with E-state index in [0.29, 0.717) is 18.5 Å². The zero-order valence-electron chi connectivity index (χ0n) is 13.5. The van der Waals surface area contributed by atoms with Crippen LogP contribution in [0.2, 0.25) is 0 Å². The minimum Gasteiger partial charge on any atom is -0.389 e. The highest BCUT2D eigenvalue weighted by Crippen LogP contribution is 2.32. The van der Waals surface area contributed by atoms with Gasteiger partial charge in [-0.1, -0.05) is 49.6 Å². The summed E-state index contributed by atoms with van der Waals surface area (Å²) in [6.07, 6.45) is 6.49.